The number of imide groups is 1. The van der Waals surface area contributed by atoms with Gasteiger partial charge in [0.25, 0.3) is 11.8 Å². The summed E-state index contributed by atoms with van der Waals surface area (Å²) in [7, 11) is 0. The minimum absolute atomic E-state index is 0.156. The lowest BCUT2D eigenvalue weighted by Crippen LogP contribution is -2.46. The van der Waals surface area contributed by atoms with Gasteiger partial charge < -0.3 is 10.4 Å². The first-order chi connectivity index (χ1) is 10.4. The van der Waals surface area contributed by atoms with Crippen molar-refractivity contribution in [3.63, 3.8) is 0 Å². The summed E-state index contributed by atoms with van der Waals surface area (Å²) in [4.78, 5) is 37.2. The number of aliphatic hydroxyl groups excluding tert-OH is 1. The summed E-state index contributed by atoms with van der Waals surface area (Å²) in [5.41, 5.74) is 0.156. The molecule has 1 aromatic rings. The number of amides is 3. The second-order valence-corrected chi connectivity index (χ2v) is 6.00. The monoisotopic (exact) mass is 304 g/mol. The predicted octanol–water partition coefficient (Wildman–Crippen LogP) is 0.950. The van der Waals surface area contributed by atoms with E-state index in [0.717, 1.165) is 0 Å². The summed E-state index contributed by atoms with van der Waals surface area (Å²) in [6.45, 7) is 3.49. The molecule has 0 bridgehead atoms. The van der Waals surface area contributed by atoms with Gasteiger partial charge in [-0.1, -0.05) is 12.1 Å². The van der Waals surface area contributed by atoms with E-state index in [9.17, 15) is 14.4 Å². The van der Waals surface area contributed by atoms with E-state index >= 15 is 0 Å². The molecular formula is C16H20N2O4. The number of carbonyl (C=O) groups excluding carboxylic acids is 3. The van der Waals surface area contributed by atoms with Gasteiger partial charge in [-0.15, -0.1) is 0 Å². The van der Waals surface area contributed by atoms with E-state index in [1.54, 1.807) is 38.1 Å². The molecule has 3 amide bonds. The van der Waals surface area contributed by atoms with Crippen LogP contribution in [0.2, 0.25) is 0 Å². The summed E-state index contributed by atoms with van der Waals surface area (Å²) >= 11 is 0. The van der Waals surface area contributed by atoms with Crippen LogP contribution >= 0.6 is 0 Å². The number of nitrogens with zero attached hydrogens (tertiary/aromatic N) is 1. The van der Waals surface area contributed by atoms with Gasteiger partial charge in [-0.25, -0.2) is 0 Å². The highest BCUT2D eigenvalue weighted by Crippen LogP contribution is 2.22. The van der Waals surface area contributed by atoms with Crippen LogP contribution in [0.1, 0.15) is 47.4 Å². The lowest BCUT2D eigenvalue weighted by molar-refractivity contribution is -0.123. The maximum Gasteiger partial charge on any atom is 0.261 e. The third-order valence-corrected chi connectivity index (χ3v) is 3.54. The molecule has 2 rings (SSSR count). The van der Waals surface area contributed by atoms with Crippen molar-refractivity contribution in [1.29, 1.82) is 0 Å². The Morgan fingerprint density at radius 2 is 1.73 bits per heavy atom. The Hall–Kier alpha value is -2.21. The average Bonchev–Trinajstić information content (AvgIpc) is 2.72. The first kappa shape index (κ1) is 16.2. The molecule has 0 aromatic heterocycles. The van der Waals surface area contributed by atoms with Gasteiger partial charge in [0, 0.05) is 13.0 Å². The fraction of sp³-hybridized carbons (Fsp3) is 0.438. The average molecular weight is 304 g/mol. The van der Waals surface area contributed by atoms with Crippen molar-refractivity contribution in [3.05, 3.63) is 35.4 Å². The Morgan fingerprint density at radius 3 is 2.23 bits per heavy atom. The lowest BCUT2D eigenvalue weighted by Gasteiger charge is -2.23. The highest BCUT2D eigenvalue weighted by molar-refractivity contribution is 6.21. The van der Waals surface area contributed by atoms with E-state index in [2.05, 4.69) is 5.32 Å². The molecule has 1 aliphatic rings. The van der Waals surface area contributed by atoms with Gasteiger partial charge in [-0.2, -0.15) is 0 Å². The molecule has 0 radical (unpaired) electrons. The van der Waals surface area contributed by atoms with Crippen molar-refractivity contribution in [2.75, 3.05) is 13.2 Å². The summed E-state index contributed by atoms with van der Waals surface area (Å²) in [6, 6.07) is 6.70. The zero-order valence-electron chi connectivity index (χ0n) is 12.8. The first-order valence-corrected chi connectivity index (χ1v) is 7.23. The molecule has 0 atom stereocenters. The second kappa shape index (κ2) is 6.27. The number of aliphatic hydroxyl groups is 1. The van der Waals surface area contributed by atoms with Crippen LogP contribution in [0, 0.1) is 0 Å². The molecular weight excluding hydrogens is 284 g/mol. The van der Waals surface area contributed by atoms with Gasteiger partial charge in [-0.05, 0) is 32.4 Å². The number of rotatable bonds is 6. The molecule has 1 heterocycles. The molecule has 22 heavy (non-hydrogen) atoms. The van der Waals surface area contributed by atoms with Crippen LogP contribution in [-0.4, -0.2) is 46.4 Å². The SMILES string of the molecule is CC(C)(CO)NC(=O)CCCN1C(=O)c2ccccc2C1=O. The molecule has 118 valence electrons. The fourth-order valence-corrected chi connectivity index (χ4v) is 2.32. The maximum absolute atomic E-state index is 12.1. The van der Waals surface area contributed by atoms with Gasteiger partial charge in [-0.3, -0.25) is 19.3 Å². The maximum atomic E-state index is 12.1. The predicted molar refractivity (Wildman–Crippen MR) is 80.4 cm³/mol. The fourth-order valence-electron chi connectivity index (χ4n) is 2.32. The number of benzene rings is 1. The molecule has 0 saturated carbocycles. The summed E-state index contributed by atoms with van der Waals surface area (Å²) in [5, 5.41) is 11.8. The van der Waals surface area contributed by atoms with Crippen molar-refractivity contribution in [3.8, 4) is 0 Å². The number of fused-ring (bicyclic) bond motifs is 1. The highest BCUT2D eigenvalue weighted by Gasteiger charge is 2.34. The van der Waals surface area contributed by atoms with Gasteiger partial charge in [0.05, 0.1) is 23.3 Å². The van der Waals surface area contributed by atoms with E-state index in [-0.39, 0.29) is 37.3 Å². The topological polar surface area (TPSA) is 86.7 Å². The van der Waals surface area contributed by atoms with E-state index in [1.807, 2.05) is 0 Å². The van der Waals surface area contributed by atoms with E-state index in [4.69, 9.17) is 5.11 Å². The van der Waals surface area contributed by atoms with Crippen molar-refractivity contribution in [2.24, 2.45) is 0 Å². The standard InChI is InChI=1S/C16H20N2O4/c1-16(2,10-19)17-13(20)8-5-9-18-14(21)11-6-3-4-7-12(11)15(18)22/h3-4,6-7,19H,5,8-10H2,1-2H3,(H,17,20). The van der Waals surface area contributed by atoms with Crippen LogP contribution in [0.5, 0.6) is 0 Å². The summed E-state index contributed by atoms with van der Waals surface area (Å²) in [6.07, 6.45) is 0.579. The Bertz CT molecular complexity index is 575. The van der Waals surface area contributed by atoms with Gasteiger partial charge in [0.2, 0.25) is 5.91 Å². The Kier molecular flexibility index (Phi) is 4.61. The van der Waals surface area contributed by atoms with Gasteiger partial charge in [0.15, 0.2) is 0 Å². The minimum Gasteiger partial charge on any atom is -0.394 e. The number of nitrogens with one attached hydrogen (secondary N) is 1. The lowest BCUT2D eigenvalue weighted by atomic mass is 10.1. The third kappa shape index (κ3) is 3.33. The molecule has 6 heteroatoms. The van der Waals surface area contributed by atoms with Crippen LogP contribution in [0.4, 0.5) is 0 Å². The minimum atomic E-state index is -0.674. The number of hydrogen-bond donors (Lipinski definition) is 2. The van der Waals surface area contributed by atoms with E-state index in [1.165, 1.54) is 4.90 Å². The van der Waals surface area contributed by atoms with Crippen LogP contribution < -0.4 is 5.32 Å². The highest BCUT2D eigenvalue weighted by atomic mass is 16.3. The van der Waals surface area contributed by atoms with Crippen LogP contribution in [-0.2, 0) is 4.79 Å². The summed E-state index contributed by atoms with van der Waals surface area (Å²) in [5.74, 6) is -0.830. The molecule has 0 saturated heterocycles. The van der Waals surface area contributed by atoms with Crippen LogP contribution in [0.25, 0.3) is 0 Å². The molecule has 6 nitrogen and oxygen atoms in total. The first-order valence-electron chi connectivity index (χ1n) is 7.23. The zero-order chi connectivity index (χ0) is 16.3. The van der Waals surface area contributed by atoms with E-state index in [0.29, 0.717) is 17.5 Å². The smallest absolute Gasteiger partial charge is 0.261 e. The number of hydrogen-bond acceptors (Lipinski definition) is 4. The molecule has 0 aliphatic carbocycles. The third-order valence-electron chi connectivity index (χ3n) is 3.54. The van der Waals surface area contributed by atoms with Crippen molar-refractivity contribution in [1.82, 2.24) is 10.2 Å². The Balaban J connectivity index is 1.88. The molecule has 2 N–H and O–H groups in total. The van der Waals surface area contributed by atoms with Crippen molar-refractivity contribution >= 4 is 17.7 Å². The molecule has 1 aliphatic heterocycles. The quantitative estimate of drug-likeness (QED) is 0.766. The number of carbonyl (C=O) groups is 3. The van der Waals surface area contributed by atoms with Gasteiger partial charge in [0.1, 0.15) is 0 Å². The van der Waals surface area contributed by atoms with Crippen molar-refractivity contribution in [2.45, 2.75) is 32.2 Å². The molecule has 0 fully saturated rings. The molecule has 1 aromatic carbocycles. The Morgan fingerprint density at radius 1 is 1.18 bits per heavy atom. The van der Waals surface area contributed by atoms with Gasteiger partial charge >= 0.3 is 0 Å². The zero-order valence-corrected chi connectivity index (χ0v) is 12.8. The van der Waals surface area contributed by atoms with Crippen molar-refractivity contribution < 1.29 is 19.5 Å². The van der Waals surface area contributed by atoms with Crippen LogP contribution in [0.3, 0.4) is 0 Å². The van der Waals surface area contributed by atoms with E-state index < -0.39 is 5.54 Å². The van der Waals surface area contributed by atoms with Crippen LogP contribution in [0.15, 0.2) is 24.3 Å². The summed E-state index contributed by atoms with van der Waals surface area (Å²) < 4.78 is 0. The second-order valence-electron chi connectivity index (χ2n) is 6.00. The largest absolute Gasteiger partial charge is 0.394 e. The normalized spacial score (nSPS) is 14.2. The molecule has 0 spiro atoms. The molecule has 0 unspecified atom stereocenters. The Labute approximate surface area is 129 Å².